The third-order valence-electron chi connectivity index (χ3n) is 3.60. The van der Waals surface area contributed by atoms with Crippen LogP contribution < -0.4 is 15.5 Å². The molecule has 2 rings (SSSR count). The van der Waals surface area contributed by atoms with Crippen molar-refractivity contribution in [2.45, 2.75) is 25.9 Å². The zero-order chi connectivity index (χ0) is 15.3. The third kappa shape index (κ3) is 3.68. The first-order chi connectivity index (χ1) is 10.1. The van der Waals surface area contributed by atoms with Gasteiger partial charge in [-0.1, -0.05) is 0 Å². The van der Waals surface area contributed by atoms with Gasteiger partial charge in [-0.3, -0.25) is 4.79 Å². The van der Waals surface area contributed by atoms with Crippen LogP contribution in [0.3, 0.4) is 0 Å². The normalized spacial score (nSPS) is 17.7. The topological polar surface area (TPSA) is 79.4 Å². The molecule has 1 fully saturated rings. The smallest absolute Gasteiger partial charge is 0.245 e. The first-order valence-electron chi connectivity index (χ1n) is 7.12. The summed E-state index contributed by atoms with van der Waals surface area (Å²) in [5.41, 5.74) is 0.380. The highest BCUT2D eigenvalue weighted by atomic mass is 16.5. The van der Waals surface area contributed by atoms with Gasteiger partial charge in [-0.25, -0.2) is 9.97 Å². The van der Waals surface area contributed by atoms with E-state index >= 15 is 0 Å². The van der Waals surface area contributed by atoms with Gasteiger partial charge in [0.15, 0.2) is 0 Å². The molecule has 0 radical (unpaired) electrons. The number of anilines is 1. The summed E-state index contributed by atoms with van der Waals surface area (Å²) in [4.78, 5) is 22.7. The Morgan fingerprint density at radius 1 is 1.43 bits per heavy atom. The molecule has 1 saturated heterocycles. The van der Waals surface area contributed by atoms with Crippen molar-refractivity contribution in [2.75, 3.05) is 38.3 Å². The molecule has 2 N–H and O–H groups in total. The van der Waals surface area contributed by atoms with Crippen molar-refractivity contribution < 1.29 is 9.53 Å². The summed E-state index contributed by atoms with van der Waals surface area (Å²) in [6.07, 6.45) is 3.59. The second kappa shape index (κ2) is 6.82. The first-order valence-corrected chi connectivity index (χ1v) is 7.12. The molecule has 0 unspecified atom stereocenters. The van der Waals surface area contributed by atoms with Crippen molar-refractivity contribution in [2.24, 2.45) is 0 Å². The molecule has 1 aromatic rings. The number of rotatable bonds is 6. The van der Waals surface area contributed by atoms with Crippen LogP contribution in [-0.2, 0) is 16.1 Å². The maximum Gasteiger partial charge on any atom is 0.245 e. The fourth-order valence-electron chi connectivity index (χ4n) is 2.24. The predicted octanol–water partition coefficient (Wildman–Crippen LogP) is -0.0726. The number of methoxy groups -OCH3 is 1. The molecule has 2 heterocycles. The highest BCUT2D eigenvalue weighted by Gasteiger charge is 2.38. The molecule has 0 spiro atoms. The summed E-state index contributed by atoms with van der Waals surface area (Å²) < 4.78 is 4.97. The minimum atomic E-state index is -0.628. The summed E-state index contributed by atoms with van der Waals surface area (Å²) >= 11 is 0. The summed E-state index contributed by atoms with van der Waals surface area (Å²) in [5, 5.41) is 6.11. The van der Waals surface area contributed by atoms with Crippen molar-refractivity contribution in [1.29, 1.82) is 0 Å². The largest absolute Gasteiger partial charge is 0.383 e. The number of nitrogens with one attached hydrogen (secondary N) is 2. The van der Waals surface area contributed by atoms with Gasteiger partial charge in [0.2, 0.25) is 11.9 Å². The number of hydrogen-bond donors (Lipinski definition) is 2. The Morgan fingerprint density at radius 2 is 2.14 bits per heavy atom. The molecule has 21 heavy (non-hydrogen) atoms. The molecule has 0 bridgehead atoms. The molecular formula is C14H23N5O2. The zero-order valence-corrected chi connectivity index (χ0v) is 12.8. The fraction of sp³-hybridized carbons (Fsp3) is 0.643. The van der Waals surface area contributed by atoms with E-state index in [1.165, 1.54) is 0 Å². The minimum Gasteiger partial charge on any atom is -0.383 e. The Hall–Kier alpha value is -1.73. The Morgan fingerprint density at radius 3 is 2.81 bits per heavy atom. The minimum absolute atomic E-state index is 0.00246. The van der Waals surface area contributed by atoms with E-state index in [9.17, 15) is 4.79 Å². The van der Waals surface area contributed by atoms with E-state index in [1.54, 1.807) is 19.5 Å². The van der Waals surface area contributed by atoms with Crippen molar-refractivity contribution in [3.63, 3.8) is 0 Å². The predicted molar refractivity (Wildman–Crippen MR) is 80.0 cm³/mol. The standard InChI is InChI=1S/C14H23N5O2/c1-14(2)12(20)16-4-6-19(14)13-17-9-11(10-18-13)8-15-5-7-21-3/h9-10,15H,4-8H2,1-3H3,(H,16,20). The van der Waals surface area contributed by atoms with E-state index in [2.05, 4.69) is 20.6 Å². The van der Waals surface area contributed by atoms with Gasteiger partial charge >= 0.3 is 0 Å². The number of aromatic nitrogens is 2. The maximum absolute atomic E-state index is 11.9. The Labute approximate surface area is 125 Å². The van der Waals surface area contributed by atoms with Crippen molar-refractivity contribution in [3.8, 4) is 0 Å². The number of piperazine rings is 1. The number of amides is 1. The van der Waals surface area contributed by atoms with Gasteiger partial charge in [0.25, 0.3) is 0 Å². The van der Waals surface area contributed by atoms with Crippen LogP contribution in [0.25, 0.3) is 0 Å². The van der Waals surface area contributed by atoms with Crippen LogP contribution in [0.15, 0.2) is 12.4 Å². The lowest BCUT2D eigenvalue weighted by atomic mass is 9.99. The molecule has 1 aliphatic heterocycles. The number of carbonyl (C=O) groups is 1. The zero-order valence-electron chi connectivity index (χ0n) is 12.8. The van der Waals surface area contributed by atoms with Gasteiger partial charge < -0.3 is 20.3 Å². The number of nitrogens with zero attached hydrogens (tertiary/aromatic N) is 3. The second-order valence-corrected chi connectivity index (χ2v) is 5.53. The van der Waals surface area contributed by atoms with E-state index in [-0.39, 0.29) is 5.91 Å². The SMILES string of the molecule is COCCNCc1cnc(N2CCNC(=O)C2(C)C)nc1. The van der Waals surface area contributed by atoms with Gasteiger partial charge in [0, 0.05) is 51.2 Å². The number of ether oxygens (including phenoxy) is 1. The van der Waals surface area contributed by atoms with Crippen LogP contribution in [0, 0.1) is 0 Å². The summed E-state index contributed by atoms with van der Waals surface area (Å²) in [5.74, 6) is 0.596. The number of hydrogen-bond acceptors (Lipinski definition) is 6. The molecule has 7 heteroatoms. The molecule has 1 aliphatic rings. The van der Waals surface area contributed by atoms with Gasteiger partial charge in [-0.05, 0) is 13.8 Å². The van der Waals surface area contributed by atoms with Crippen LogP contribution >= 0.6 is 0 Å². The van der Waals surface area contributed by atoms with Crippen LogP contribution in [0.4, 0.5) is 5.95 Å². The van der Waals surface area contributed by atoms with E-state index in [0.29, 0.717) is 32.2 Å². The highest BCUT2D eigenvalue weighted by Crippen LogP contribution is 2.22. The fourth-order valence-corrected chi connectivity index (χ4v) is 2.24. The van der Waals surface area contributed by atoms with E-state index in [4.69, 9.17) is 4.74 Å². The van der Waals surface area contributed by atoms with Gasteiger partial charge in [0.1, 0.15) is 5.54 Å². The monoisotopic (exact) mass is 293 g/mol. The molecule has 7 nitrogen and oxygen atoms in total. The quantitative estimate of drug-likeness (QED) is 0.715. The molecule has 0 atom stereocenters. The lowest BCUT2D eigenvalue weighted by Gasteiger charge is -2.41. The van der Waals surface area contributed by atoms with E-state index < -0.39 is 5.54 Å². The first kappa shape index (κ1) is 15.7. The average Bonchev–Trinajstić information content (AvgIpc) is 2.47. The second-order valence-electron chi connectivity index (χ2n) is 5.53. The lowest BCUT2D eigenvalue weighted by Crippen LogP contribution is -2.62. The van der Waals surface area contributed by atoms with E-state index in [1.807, 2.05) is 18.7 Å². The van der Waals surface area contributed by atoms with Crippen molar-refractivity contribution in [3.05, 3.63) is 18.0 Å². The van der Waals surface area contributed by atoms with Gasteiger partial charge in [-0.15, -0.1) is 0 Å². The number of carbonyl (C=O) groups excluding carboxylic acids is 1. The van der Waals surface area contributed by atoms with Gasteiger partial charge in [0.05, 0.1) is 6.61 Å². The summed E-state index contributed by atoms with van der Waals surface area (Å²) in [6, 6.07) is 0. The molecule has 1 aromatic heterocycles. The Bertz CT molecular complexity index is 475. The summed E-state index contributed by atoms with van der Waals surface area (Å²) in [6.45, 7) is 7.26. The molecule has 0 aliphatic carbocycles. The average molecular weight is 293 g/mol. The third-order valence-corrected chi connectivity index (χ3v) is 3.60. The van der Waals surface area contributed by atoms with Crippen LogP contribution in [0.1, 0.15) is 19.4 Å². The molecular weight excluding hydrogens is 270 g/mol. The van der Waals surface area contributed by atoms with Crippen LogP contribution in [0.5, 0.6) is 0 Å². The maximum atomic E-state index is 11.9. The Balaban J connectivity index is 1.99. The van der Waals surface area contributed by atoms with Crippen molar-refractivity contribution >= 4 is 11.9 Å². The molecule has 1 amide bonds. The summed E-state index contributed by atoms with van der Waals surface area (Å²) in [7, 11) is 1.68. The Kier molecular flexibility index (Phi) is 5.08. The molecule has 0 aromatic carbocycles. The lowest BCUT2D eigenvalue weighted by molar-refractivity contribution is -0.126. The molecule has 116 valence electrons. The van der Waals surface area contributed by atoms with Crippen molar-refractivity contribution in [1.82, 2.24) is 20.6 Å². The van der Waals surface area contributed by atoms with Crippen LogP contribution in [0.2, 0.25) is 0 Å². The highest BCUT2D eigenvalue weighted by molar-refractivity contribution is 5.89. The van der Waals surface area contributed by atoms with Gasteiger partial charge in [-0.2, -0.15) is 0 Å². The van der Waals surface area contributed by atoms with Crippen LogP contribution in [-0.4, -0.2) is 54.8 Å². The molecule has 0 saturated carbocycles. The van der Waals surface area contributed by atoms with E-state index in [0.717, 1.165) is 12.1 Å².